The Balaban J connectivity index is 2.36. The van der Waals surface area contributed by atoms with Crippen molar-refractivity contribution in [1.82, 2.24) is 5.32 Å². The van der Waals surface area contributed by atoms with Crippen molar-refractivity contribution in [2.75, 3.05) is 0 Å². The molecule has 19 heavy (non-hydrogen) atoms. The van der Waals surface area contributed by atoms with Gasteiger partial charge in [-0.25, -0.2) is 5.11 Å². The van der Waals surface area contributed by atoms with E-state index in [0.29, 0.717) is 11.8 Å². The number of piperidine rings is 1. The highest BCUT2D eigenvalue weighted by Crippen LogP contribution is 2.35. The van der Waals surface area contributed by atoms with E-state index in [-0.39, 0.29) is 17.2 Å². The molecular formula is C17H34NO. The fourth-order valence-electron chi connectivity index (χ4n) is 3.82. The normalized spacial score (nSPS) is 24.6. The standard InChI is InChI=1S/C17H34NO/c1-13(2)7-9-15(19)10-8-14-11-16(3,4)18-17(5,6)12-14/h13-15,18H,7-12H2,1-6H3. The van der Waals surface area contributed by atoms with Gasteiger partial charge in [0.25, 0.3) is 0 Å². The van der Waals surface area contributed by atoms with Crippen LogP contribution in [0.2, 0.25) is 0 Å². The van der Waals surface area contributed by atoms with Crippen molar-refractivity contribution in [2.24, 2.45) is 11.8 Å². The second kappa shape index (κ2) is 6.58. The molecular weight excluding hydrogens is 234 g/mol. The summed E-state index contributed by atoms with van der Waals surface area (Å²) in [7, 11) is 0. The van der Waals surface area contributed by atoms with Gasteiger partial charge in [0.1, 0.15) is 0 Å². The molecule has 2 nitrogen and oxygen atoms in total. The Bertz CT molecular complexity index is 254. The third-order valence-electron chi connectivity index (χ3n) is 4.24. The van der Waals surface area contributed by atoms with Gasteiger partial charge >= 0.3 is 0 Å². The molecule has 0 spiro atoms. The van der Waals surface area contributed by atoms with E-state index in [9.17, 15) is 5.11 Å². The van der Waals surface area contributed by atoms with E-state index in [2.05, 4.69) is 46.9 Å². The first-order valence-corrected chi connectivity index (χ1v) is 8.05. The first kappa shape index (κ1) is 17.0. The molecule has 0 saturated carbocycles. The van der Waals surface area contributed by atoms with E-state index in [0.717, 1.165) is 25.7 Å². The van der Waals surface area contributed by atoms with Gasteiger partial charge < -0.3 is 5.32 Å². The van der Waals surface area contributed by atoms with E-state index >= 15 is 0 Å². The number of hydrogen-bond acceptors (Lipinski definition) is 1. The third-order valence-corrected chi connectivity index (χ3v) is 4.24. The van der Waals surface area contributed by atoms with Gasteiger partial charge in [-0.2, -0.15) is 0 Å². The highest BCUT2D eigenvalue weighted by atomic mass is 16.3. The fourth-order valence-corrected chi connectivity index (χ4v) is 3.82. The molecule has 0 aliphatic carbocycles. The summed E-state index contributed by atoms with van der Waals surface area (Å²) in [4.78, 5) is 0. The number of nitrogens with one attached hydrogen (secondary N) is 1. The predicted octanol–water partition coefficient (Wildman–Crippen LogP) is 4.56. The molecule has 0 aromatic rings. The van der Waals surface area contributed by atoms with Crippen molar-refractivity contribution in [3.63, 3.8) is 0 Å². The first-order valence-electron chi connectivity index (χ1n) is 8.05. The minimum atomic E-state index is -0.344. The van der Waals surface area contributed by atoms with Crippen molar-refractivity contribution < 1.29 is 5.11 Å². The zero-order valence-corrected chi connectivity index (χ0v) is 13.9. The van der Waals surface area contributed by atoms with E-state index in [1.165, 1.54) is 12.8 Å². The molecule has 1 N–H and O–H groups in total. The lowest BCUT2D eigenvalue weighted by atomic mass is 9.74. The summed E-state index contributed by atoms with van der Waals surface area (Å²) >= 11 is 0. The quantitative estimate of drug-likeness (QED) is 0.752. The van der Waals surface area contributed by atoms with Crippen LogP contribution >= 0.6 is 0 Å². The maximum absolute atomic E-state index is 12.0. The van der Waals surface area contributed by atoms with Gasteiger partial charge in [-0.15, -0.1) is 0 Å². The Kier molecular flexibility index (Phi) is 5.88. The SMILES string of the molecule is CC(C)CCC([O])CCC1CC(C)(C)NC(C)(C)C1. The van der Waals surface area contributed by atoms with Gasteiger partial charge in [-0.05, 0) is 78.1 Å². The molecule has 1 radical (unpaired) electrons. The molecule has 0 amide bonds. The summed E-state index contributed by atoms with van der Waals surface area (Å²) in [6.45, 7) is 13.5. The highest BCUT2D eigenvalue weighted by Gasteiger charge is 2.37. The summed E-state index contributed by atoms with van der Waals surface area (Å²) in [5.41, 5.74) is 0.422. The summed E-state index contributed by atoms with van der Waals surface area (Å²) in [5.74, 6) is 1.37. The van der Waals surface area contributed by atoms with Crippen molar-refractivity contribution >= 4 is 0 Å². The maximum Gasteiger partial charge on any atom is 0.0930 e. The van der Waals surface area contributed by atoms with Crippen LogP contribution in [0, 0.1) is 11.8 Å². The fraction of sp³-hybridized carbons (Fsp3) is 1.00. The van der Waals surface area contributed by atoms with Gasteiger partial charge in [-0.3, -0.25) is 0 Å². The Morgan fingerprint density at radius 2 is 1.53 bits per heavy atom. The monoisotopic (exact) mass is 268 g/mol. The summed E-state index contributed by atoms with van der Waals surface area (Å²) in [6, 6.07) is 0. The smallest absolute Gasteiger partial charge is 0.0930 e. The van der Waals surface area contributed by atoms with Crippen molar-refractivity contribution in [1.29, 1.82) is 0 Å². The summed E-state index contributed by atoms with van der Waals surface area (Å²) < 4.78 is 0. The predicted molar refractivity (Wildman–Crippen MR) is 81.8 cm³/mol. The molecule has 1 unspecified atom stereocenters. The van der Waals surface area contributed by atoms with Crippen LogP contribution in [0.1, 0.15) is 80.1 Å². The van der Waals surface area contributed by atoms with E-state index < -0.39 is 0 Å². The Morgan fingerprint density at radius 3 is 2.00 bits per heavy atom. The van der Waals surface area contributed by atoms with E-state index in [1.807, 2.05) is 0 Å². The second-order valence-electron chi connectivity index (χ2n) is 8.34. The van der Waals surface area contributed by atoms with E-state index in [4.69, 9.17) is 0 Å². The van der Waals surface area contributed by atoms with Crippen LogP contribution in [0.3, 0.4) is 0 Å². The molecule has 0 aromatic heterocycles. The average molecular weight is 268 g/mol. The van der Waals surface area contributed by atoms with Gasteiger partial charge in [0.2, 0.25) is 0 Å². The van der Waals surface area contributed by atoms with Gasteiger partial charge in [-0.1, -0.05) is 13.8 Å². The number of rotatable bonds is 6. The zero-order chi connectivity index (χ0) is 14.7. The molecule has 1 saturated heterocycles. The lowest BCUT2D eigenvalue weighted by Crippen LogP contribution is -2.57. The lowest BCUT2D eigenvalue weighted by molar-refractivity contribution is 0.0514. The van der Waals surface area contributed by atoms with Crippen LogP contribution in [0.5, 0.6) is 0 Å². The average Bonchev–Trinajstić information content (AvgIpc) is 2.19. The zero-order valence-electron chi connectivity index (χ0n) is 13.9. The van der Waals surface area contributed by atoms with E-state index in [1.54, 1.807) is 0 Å². The summed E-state index contributed by atoms with van der Waals surface area (Å²) in [6.07, 6.45) is 5.97. The van der Waals surface area contributed by atoms with Crippen molar-refractivity contribution in [2.45, 2.75) is 97.2 Å². The van der Waals surface area contributed by atoms with Crippen LogP contribution in [0.15, 0.2) is 0 Å². The van der Waals surface area contributed by atoms with Gasteiger partial charge in [0.15, 0.2) is 0 Å². The van der Waals surface area contributed by atoms with Crippen LogP contribution in [-0.4, -0.2) is 17.2 Å². The van der Waals surface area contributed by atoms with Crippen LogP contribution in [0.4, 0.5) is 0 Å². The molecule has 0 aromatic carbocycles. The molecule has 113 valence electrons. The van der Waals surface area contributed by atoms with Gasteiger partial charge in [0, 0.05) is 11.1 Å². The topological polar surface area (TPSA) is 31.9 Å². The lowest BCUT2D eigenvalue weighted by Gasteiger charge is -2.46. The highest BCUT2D eigenvalue weighted by molar-refractivity contribution is 4.96. The minimum absolute atomic E-state index is 0.211. The Hall–Kier alpha value is -0.0800. The Labute approximate surface area is 120 Å². The van der Waals surface area contributed by atoms with Crippen LogP contribution in [0.25, 0.3) is 0 Å². The minimum Gasteiger partial charge on any atom is -0.307 e. The molecule has 0 bridgehead atoms. The Morgan fingerprint density at radius 1 is 1.00 bits per heavy atom. The van der Waals surface area contributed by atoms with Crippen molar-refractivity contribution in [3.05, 3.63) is 0 Å². The number of hydrogen-bond donors (Lipinski definition) is 1. The molecule has 1 aliphatic rings. The molecule has 1 rings (SSSR count). The van der Waals surface area contributed by atoms with Gasteiger partial charge in [0.05, 0.1) is 6.10 Å². The third kappa shape index (κ3) is 6.76. The first-order chi connectivity index (χ1) is 8.60. The molecule has 1 aliphatic heterocycles. The molecule has 1 fully saturated rings. The molecule has 1 atom stereocenters. The summed E-state index contributed by atoms with van der Waals surface area (Å²) in [5, 5.41) is 15.7. The van der Waals surface area contributed by atoms with Crippen LogP contribution in [-0.2, 0) is 5.11 Å². The van der Waals surface area contributed by atoms with Crippen molar-refractivity contribution in [3.8, 4) is 0 Å². The molecule has 2 heteroatoms. The maximum atomic E-state index is 12.0. The largest absolute Gasteiger partial charge is 0.307 e. The molecule has 1 heterocycles. The second-order valence-corrected chi connectivity index (χ2v) is 8.34. The van der Waals surface area contributed by atoms with Crippen LogP contribution < -0.4 is 5.32 Å².